The Morgan fingerprint density at radius 3 is 2.10 bits per heavy atom. The molecule has 0 amide bonds. The fourth-order valence-corrected chi connectivity index (χ4v) is 3.90. The number of unbranched alkanes of at least 4 members (excludes halogenated alkanes) is 2. The van der Waals surface area contributed by atoms with Crippen LogP contribution in [0.25, 0.3) is 0 Å². The van der Waals surface area contributed by atoms with Crippen LogP contribution in [0.5, 0.6) is 0 Å². The molecule has 6 heteroatoms. The average molecular weight is 507 g/mol. The van der Waals surface area contributed by atoms with Gasteiger partial charge in [-0.3, -0.25) is 0 Å². The van der Waals surface area contributed by atoms with Crippen molar-refractivity contribution in [1.82, 2.24) is 4.98 Å². The normalized spacial score (nSPS) is 10.0. The Bertz CT molecular complexity index is 528. The molecule has 0 saturated carbocycles. The van der Waals surface area contributed by atoms with Crippen molar-refractivity contribution in [2.75, 3.05) is 11.9 Å². The molecule has 0 bridgehead atoms. The van der Waals surface area contributed by atoms with E-state index in [-0.39, 0.29) is 5.97 Å². The fraction of sp³-hybridized carbons (Fsp3) is 0.792. The van der Waals surface area contributed by atoms with Gasteiger partial charge in [0, 0.05) is 17.1 Å². The first-order chi connectivity index (χ1) is 14.4. The second-order valence-electron chi connectivity index (χ2n) is 7.25. The molecular formula is C24H44BrNO3S. The number of hydrogen-bond acceptors (Lipinski definition) is 5. The van der Waals surface area contributed by atoms with Gasteiger partial charge < -0.3 is 9.53 Å². The van der Waals surface area contributed by atoms with Gasteiger partial charge in [-0.2, -0.15) is 0 Å². The van der Waals surface area contributed by atoms with E-state index in [9.17, 15) is 9.59 Å². The quantitative estimate of drug-likeness (QED) is 0.154. The Morgan fingerprint density at radius 2 is 1.70 bits per heavy atom. The Balaban J connectivity index is 0. The van der Waals surface area contributed by atoms with Gasteiger partial charge in [-0.1, -0.05) is 82.1 Å². The topological polar surface area (TPSA) is 56.3 Å². The van der Waals surface area contributed by atoms with E-state index in [1.807, 2.05) is 6.92 Å². The van der Waals surface area contributed by atoms with E-state index in [0.29, 0.717) is 18.1 Å². The first-order valence-corrected chi connectivity index (χ1v) is 13.6. The predicted octanol–water partition coefficient (Wildman–Crippen LogP) is 8.03. The molecule has 0 aromatic carbocycles. The van der Waals surface area contributed by atoms with Crippen molar-refractivity contribution >= 4 is 39.0 Å². The summed E-state index contributed by atoms with van der Waals surface area (Å²) in [6, 6.07) is 0. The van der Waals surface area contributed by atoms with Crippen molar-refractivity contribution in [3.05, 3.63) is 16.1 Å². The zero-order chi connectivity index (χ0) is 23.2. The molecule has 0 fully saturated rings. The summed E-state index contributed by atoms with van der Waals surface area (Å²) < 4.78 is 4.79. The molecular weight excluding hydrogens is 462 g/mol. The van der Waals surface area contributed by atoms with Crippen LogP contribution >= 0.6 is 27.3 Å². The predicted molar refractivity (Wildman–Crippen MR) is 134 cm³/mol. The van der Waals surface area contributed by atoms with Gasteiger partial charge in [0.05, 0.1) is 11.6 Å². The number of hydrogen-bond donors (Lipinski definition) is 0. The molecule has 0 N–H and O–H groups in total. The molecule has 0 unspecified atom stereocenters. The molecule has 0 radical (unpaired) electrons. The first-order valence-electron chi connectivity index (χ1n) is 11.6. The summed E-state index contributed by atoms with van der Waals surface area (Å²) in [5.41, 5.74) is 0.429. The van der Waals surface area contributed by atoms with Crippen molar-refractivity contribution in [3.63, 3.8) is 0 Å². The third-order valence-electron chi connectivity index (χ3n) is 4.47. The molecule has 1 aromatic heterocycles. The highest BCUT2D eigenvalue weighted by Gasteiger charge is 2.09. The highest BCUT2D eigenvalue weighted by molar-refractivity contribution is 9.09. The number of aromatic nitrogens is 1. The van der Waals surface area contributed by atoms with Crippen molar-refractivity contribution in [1.29, 1.82) is 0 Å². The maximum absolute atomic E-state index is 11.1. The standard InChI is InChI=1S/C9H20.C8H11NO2S.C7H13BrO/c1-4-7-9(6-3)8-5-2;1-3-7-9-6(5-12-7)8(10)11-4-2;1-7(9)5-3-2-4-6-8/h9H,4-8H2,1-3H3;5H,3-4H2,1-2H3;2-6H2,1H3. The number of carbonyl (C=O) groups excluding carboxylic acids is 2. The fourth-order valence-electron chi connectivity index (χ4n) is 2.79. The Morgan fingerprint density at radius 1 is 1.07 bits per heavy atom. The van der Waals surface area contributed by atoms with Crippen molar-refractivity contribution < 1.29 is 14.3 Å². The zero-order valence-corrected chi connectivity index (χ0v) is 22.5. The van der Waals surface area contributed by atoms with Crippen molar-refractivity contribution in [2.24, 2.45) is 5.92 Å². The van der Waals surface area contributed by atoms with E-state index >= 15 is 0 Å². The molecule has 30 heavy (non-hydrogen) atoms. The van der Waals surface area contributed by atoms with Gasteiger partial charge in [-0.15, -0.1) is 11.3 Å². The SMILES string of the molecule is CC(=O)CCCCCBr.CCCC(CC)CCC.CCOC(=O)c1csc(CC)n1. The van der Waals surface area contributed by atoms with Gasteiger partial charge in [-0.05, 0) is 39.0 Å². The van der Waals surface area contributed by atoms with Gasteiger partial charge in [0.25, 0.3) is 0 Å². The smallest absolute Gasteiger partial charge is 0.357 e. The Hall–Kier alpha value is -0.750. The van der Waals surface area contributed by atoms with Gasteiger partial charge in [0.1, 0.15) is 5.78 Å². The summed E-state index contributed by atoms with van der Waals surface area (Å²) in [7, 11) is 0. The summed E-state index contributed by atoms with van der Waals surface area (Å²) in [4.78, 5) is 25.6. The molecule has 1 rings (SSSR count). The number of alkyl halides is 1. The molecule has 0 saturated heterocycles. The average Bonchev–Trinajstić information content (AvgIpc) is 3.22. The monoisotopic (exact) mass is 505 g/mol. The molecule has 1 aromatic rings. The van der Waals surface area contributed by atoms with Crippen LogP contribution in [0.3, 0.4) is 0 Å². The number of esters is 1. The van der Waals surface area contributed by atoms with E-state index in [0.717, 1.165) is 35.5 Å². The molecule has 0 aliphatic rings. The van der Waals surface area contributed by atoms with Crippen LogP contribution in [0.4, 0.5) is 0 Å². The molecule has 0 spiro atoms. The molecule has 0 aliphatic carbocycles. The molecule has 0 atom stereocenters. The molecule has 4 nitrogen and oxygen atoms in total. The summed E-state index contributed by atoms with van der Waals surface area (Å²) in [5, 5.41) is 3.76. The highest BCUT2D eigenvalue weighted by atomic mass is 79.9. The van der Waals surface area contributed by atoms with Crippen molar-refractivity contribution in [2.45, 2.75) is 106 Å². The largest absolute Gasteiger partial charge is 0.461 e. The number of ether oxygens (including phenoxy) is 1. The summed E-state index contributed by atoms with van der Waals surface area (Å²) >= 11 is 4.82. The minimum Gasteiger partial charge on any atom is -0.461 e. The minimum atomic E-state index is -0.326. The van der Waals surface area contributed by atoms with Crippen LogP contribution < -0.4 is 0 Å². The van der Waals surface area contributed by atoms with Gasteiger partial charge >= 0.3 is 5.97 Å². The molecule has 0 aliphatic heterocycles. The van der Waals surface area contributed by atoms with Crippen LogP contribution in [-0.2, 0) is 16.0 Å². The van der Waals surface area contributed by atoms with Gasteiger partial charge in [-0.25, -0.2) is 9.78 Å². The number of thiazole rings is 1. The molecule has 176 valence electrons. The van der Waals surface area contributed by atoms with Crippen LogP contribution in [0.1, 0.15) is 115 Å². The summed E-state index contributed by atoms with van der Waals surface area (Å²) in [6.07, 6.45) is 12.0. The lowest BCUT2D eigenvalue weighted by Crippen LogP contribution is -2.04. The van der Waals surface area contributed by atoms with E-state index in [1.54, 1.807) is 19.2 Å². The number of Topliss-reactive ketones (excluding diaryl/α,β-unsaturated/α-hetero) is 1. The lowest BCUT2D eigenvalue weighted by Gasteiger charge is -2.10. The van der Waals surface area contributed by atoms with E-state index in [1.165, 1.54) is 56.3 Å². The maximum Gasteiger partial charge on any atom is 0.357 e. The van der Waals surface area contributed by atoms with Crippen molar-refractivity contribution in [3.8, 4) is 0 Å². The lowest BCUT2D eigenvalue weighted by molar-refractivity contribution is -0.117. The van der Waals surface area contributed by atoms with Gasteiger partial charge in [0.2, 0.25) is 0 Å². The Labute approximate surface area is 197 Å². The van der Waals surface area contributed by atoms with Crippen LogP contribution in [-0.4, -0.2) is 28.7 Å². The van der Waals surface area contributed by atoms with E-state index in [2.05, 4.69) is 41.7 Å². The Kier molecular flexibility index (Phi) is 24.0. The molecule has 1 heterocycles. The van der Waals surface area contributed by atoms with E-state index < -0.39 is 0 Å². The number of halogens is 1. The second kappa shape index (κ2) is 22.9. The number of nitrogens with zero attached hydrogens (tertiary/aromatic N) is 1. The number of rotatable bonds is 13. The van der Waals surface area contributed by atoms with Gasteiger partial charge in [0.15, 0.2) is 5.69 Å². The second-order valence-corrected chi connectivity index (χ2v) is 8.99. The highest BCUT2D eigenvalue weighted by Crippen LogP contribution is 2.16. The number of carbonyl (C=O) groups is 2. The number of ketones is 1. The zero-order valence-electron chi connectivity index (χ0n) is 20.1. The lowest BCUT2D eigenvalue weighted by atomic mass is 9.96. The summed E-state index contributed by atoms with van der Waals surface area (Å²) in [6.45, 7) is 12.7. The maximum atomic E-state index is 11.1. The van der Waals surface area contributed by atoms with Crippen LogP contribution in [0, 0.1) is 5.92 Å². The first kappa shape index (κ1) is 31.4. The number of aryl methyl sites for hydroxylation is 1. The van der Waals surface area contributed by atoms with Crippen LogP contribution in [0.15, 0.2) is 5.38 Å². The minimum absolute atomic E-state index is 0.310. The van der Waals surface area contributed by atoms with E-state index in [4.69, 9.17) is 4.74 Å². The summed E-state index contributed by atoms with van der Waals surface area (Å²) in [5.74, 6) is 0.998. The third kappa shape index (κ3) is 19.2. The third-order valence-corrected chi connectivity index (χ3v) is 6.03. The van der Waals surface area contributed by atoms with Crippen LogP contribution in [0.2, 0.25) is 0 Å².